The van der Waals surface area contributed by atoms with Gasteiger partial charge < -0.3 is 10.6 Å². The van der Waals surface area contributed by atoms with Crippen LogP contribution in [0.2, 0.25) is 0 Å². The fourth-order valence-electron chi connectivity index (χ4n) is 2.20. The average molecular weight is 319 g/mol. The van der Waals surface area contributed by atoms with Crippen LogP contribution in [0.25, 0.3) is 0 Å². The lowest BCUT2D eigenvalue weighted by Gasteiger charge is -2.26. The summed E-state index contributed by atoms with van der Waals surface area (Å²) in [7, 11) is 0. The van der Waals surface area contributed by atoms with Gasteiger partial charge in [-0.2, -0.15) is 0 Å². The van der Waals surface area contributed by atoms with Crippen molar-refractivity contribution in [3.63, 3.8) is 0 Å². The zero-order valence-electron chi connectivity index (χ0n) is 11.4. The van der Waals surface area contributed by atoms with Gasteiger partial charge in [-0.3, -0.25) is 0 Å². The van der Waals surface area contributed by atoms with Gasteiger partial charge in [-0.1, -0.05) is 33.6 Å². The third kappa shape index (κ3) is 3.17. The van der Waals surface area contributed by atoms with E-state index in [1.807, 2.05) is 0 Å². The first-order valence-electron chi connectivity index (χ1n) is 6.48. The molecule has 0 heterocycles. The van der Waals surface area contributed by atoms with E-state index in [-0.39, 0.29) is 0 Å². The Labute approximate surface area is 123 Å². The maximum atomic E-state index is 5.87. The fraction of sp³-hybridized carbons (Fsp3) is 0.250. The summed E-state index contributed by atoms with van der Waals surface area (Å²) in [6, 6.07) is 14.9. The Balaban J connectivity index is 2.44. The van der Waals surface area contributed by atoms with Gasteiger partial charge in [0.15, 0.2) is 0 Å². The van der Waals surface area contributed by atoms with Crippen molar-refractivity contribution in [1.82, 2.24) is 0 Å². The number of rotatable bonds is 4. The third-order valence-corrected chi connectivity index (χ3v) is 3.71. The average Bonchev–Trinajstić information content (AvgIpc) is 2.43. The summed E-state index contributed by atoms with van der Waals surface area (Å²) in [6.45, 7) is 5.71. The number of nitrogens with zero attached hydrogens (tertiary/aromatic N) is 1. The minimum atomic E-state index is 0.539. The lowest BCUT2D eigenvalue weighted by atomic mass is 10.1. The van der Waals surface area contributed by atoms with Crippen LogP contribution >= 0.6 is 15.9 Å². The van der Waals surface area contributed by atoms with Crippen LogP contribution < -0.4 is 10.6 Å². The van der Waals surface area contributed by atoms with E-state index < -0.39 is 0 Å². The zero-order chi connectivity index (χ0) is 13.8. The lowest BCUT2D eigenvalue weighted by Crippen LogP contribution is -2.18. The molecule has 0 saturated heterocycles. The summed E-state index contributed by atoms with van der Waals surface area (Å²) in [5.74, 6) is 0. The molecule has 0 aliphatic heterocycles. The van der Waals surface area contributed by atoms with E-state index in [0.717, 1.165) is 16.6 Å². The van der Waals surface area contributed by atoms with Gasteiger partial charge >= 0.3 is 0 Å². The first-order valence-corrected chi connectivity index (χ1v) is 7.27. The standard InChI is InChI=1S/C16H19BrN2/c1-3-19(15-7-4-12(2)5-8-15)16-9-6-14(17)10-13(16)11-18/h4-10H,3,11,18H2,1-2H3. The summed E-state index contributed by atoms with van der Waals surface area (Å²) in [6.07, 6.45) is 0. The van der Waals surface area contributed by atoms with Crippen molar-refractivity contribution in [2.45, 2.75) is 20.4 Å². The van der Waals surface area contributed by atoms with Crippen molar-refractivity contribution < 1.29 is 0 Å². The lowest BCUT2D eigenvalue weighted by molar-refractivity contribution is 0.982. The Bertz CT molecular complexity index is 549. The second kappa shape index (κ2) is 6.22. The van der Waals surface area contributed by atoms with Crippen LogP contribution in [0.4, 0.5) is 11.4 Å². The quantitative estimate of drug-likeness (QED) is 0.906. The summed E-state index contributed by atoms with van der Waals surface area (Å²) in [5.41, 5.74) is 10.7. The summed E-state index contributed by atoms with van der Waals surface area (Å²) in [4.78, 5) is 2.29. The van der Waals surface area contributed by atoms with Gasteiger partial charge in [-0.15, -0.1) is 0 Å². The first kappa shape index (κ1) is 14.1. The van der Waals surface area contributed by atoms with Crippen molar-refractivity contribution in [3.05, 3.63) is 58.1 Å². The van der Waals surface area contributed by atoms with Gasteiger partial charge in [0.25, 0.3) is 0 Å². The Hall–Kier alpha value is -1.32. The van der Waals surface area contributed by atoms with E-state index in [2.05, 4.69) is 77.1 Å². The van der Waals surface area contributed by atoms with E-state index in [4.69, 9.17) is 5.73 Å². The van der Waals surface area contributed by atoms with E-state index in [1.165, 1.54) is 16.9 Å². The Morgan fingerprint density at radius 3 is 2.37 bits per heavy atom. The minimum absolute atomic E-state index is 0.539. The molecule has 2 nitrogen and oxygen atoms in total. The maximum absolute atomic E-state index is 5.87. The predicted octanol–water partition coefficient (Wildman–Crippen LogP) is 4.37. The van der Waals surface area contributed by atoms with E-state index in [9.17, 15) is 0 Å². The molecule has 0 amide bonds. The van der Waals surface area contributed by atoms with Gasteiger partial charge in [0.2, 0.25) is 0 Å². The largest absolute Gasteiger partial charge is 0.342 e. The molecular formula is C16H19BrN2. The molecule has 0 atom stereocenters. The van der Waals surface area contributed by atoms with Gasteiger partial charge in [0.1, 0.15) is 0 Å². The van der Waals surface area contributed by atoms with Crippen LogP contribution in [-0.2, 0) is 6.54 Å². The van der Waals surface area contributed by atoms with E-state index in [1.54, 1.807) is 0 Å². The maximum Gasteiger partial charge on any atom is 0.0456 e. The highest BCUT2D eigenvalue weighted by Gasteiger charge is 2.11. The molecule has 0 saturated carbocycles. The molecule has 0 aliphatic rings. The highest BCUT2D eigenvalue weighted by Crippen LogP contribution is 2.30. The molecule has 100 valence electrons. The van der Waals surface area contributed by atoms with Crippen molar-refractivity contribution in [2.24, 2.45) is 5.73 Å². The van der Waals surface area contributed by atoms with Gasteiger partial charge in [0, 0.05) is 28.9 Å². The van der Waals surface area contributed by atoms with Gasteiger partial charge in [-0.25, -0.2) is 0 Å². The molecule has 19 heavy (non-hydrogen) atoms. The molecule has 2 aromatic carbocycles. The normalized spacial score (nSPS) is 10.5. The molecular weight excluding hydrogens is 300 g/mol. The number of hydrogen-bond donors (Lipinski definition) is 1. The highest BCUT2D eigenvalue weighted by molar-refractivity contribution is 9.10. The second-order valence-electron chi connectivity index (χ2n) is 4.56. The van der Waals surface area contributed by atoms with Crippen LogP contribution in [-0.4, -0.2) is 6.54 Å². The Morgan fingerprint density at radius 1 is 1.11 bits per heavy atom. The number of halogens is 1. The van der Waals surface area contributed by atoms with Crippen molar-refractivity contribution >= 4 is 27.3 Å². The number of benzene rings is 2. The topological polar surface area (TPSA) is 29.3 Å². The molecule has 2 rings (SSSR count). The summed E-state index contributed by atoms with van der Waals surface area (Å²) in [5, 5.41) is 0. The molecule has 0 fully saturated rings. The molecule has 2 N–H and O–H groups in total. The van der Waals surface area contributed by atoms with E-state index in [0.29, 0.717) is 6.54 Å². The van der Waals surface area contributed by atoms with E-state index >= 15 is 0 Å². The molecule has 0 unspecified atom stereocenters. The van der Waals surface area contributed by atoms with Crippen molar-refractivity contribution in [2.75, 3.05) is 11.4 Å². The first-order chi connectivity index (χ1) is 9.15. The summed E-state index contributed by atoms with van der Waals surface area (Å²) >= 11 is 3.50. The summed E-state index contributed by atoms with van der Waals surface area (Å²) < 4.78 is 1.07. The highest BCUT2D eigenvalue weighted by atomic mass is 79.9. The number of anilines is 2. The predicted molar refractivity (Wildman–Crippen MR) is 85.9 cm³/mol. The van der Waals surface area contributed by atoms with Crippen LogP contribution in [0.15, 0.2) is 46.9 Å². The monoisotopic (exact) mass is 318 g/mol. The van der Waals surface area contributed by atoms with Crippen molar-refractivity contribution in [3.8, 4) is 0 Å². The molecule has 0 aromatic heterocycles. The van der Waals surface area contributed by atoms with Gasteiger partial charge in [0.05, 0.1) is 0 Å². The number of nitrogens with two attached hydrogens (primary N) is 1. The van der Waals surface area contributed by atoms with Crippen LogP contribution in [0.3, 0.4) is 0 Å². The SMILES string of the molecule is CCN(c1ccc(C)cc1)c1ccc(Br)cc1CN. The van der Waals surface area contributed by atoms with Crippen LogP contribution in [0.5, 0.6) is 0 Å². The molecule has 0 aliphatic carbocycles. The van der Waals surface area contributed by atoms with Gasteiger partial charge in [-0.05, 0) is 49.7 Å². The third-order valence-electron chi connectivity index (χ3n) is 3.21. The van der Waals surface area contributed by atoms with Crippen LogP contribution in [0.1, 0.15) is 18.1 Å². The molecule has 3 heteroatoms. The molecule has 0 bridgehead atoms. The Morgan fingerprint density at radius 2 is 1.79 bits per heavy atom. The molecule has 0 radical (unpaired) electrons. The smallest absolute Gasteiger partial charge is 0.0456 e. The number of hydrogen-bond acceptors (Lipinski definition) is 2. The fourth-order valence-corrected chi connectivity index (χ4v) is 2.61. The zero-order valence-corrected chi connectivity index (χ0v) is 12.9. The second-order valence-corrected chi connectivity index (χ2v) is 5.47. The van der Waals surface area contributed by atoms with Crippen LogP contribution in [0, 0.1) is 6.92 Å². The Kier molecular flexibility index (Phi) is 4.61. The minimum Gasteiger partial charge on any atom is -0.342 e. The van der Waals surface area contributed by atoms with Crippen molar-refractivity contribution in [1.29, 1.82) is 0 Å². The molecule has 2 aromatic rings. The molecule has 0 spiro atoms. The number of aryl methyl sites for hydroxylation is 1.